The second-order valence-electron chi connectivity index (χ2n) is 6.19. The van der Waals surface area contributed by atoms with Crippen LogP contribution in [-0.2, 0) is 9.59 Å². The zero-order valence-electron chi connectivity index (χ0n) is 11.6. The maximum Gasteiger partial charge on any atom is 0.329 e. The molecule has 2 fully saturated rings. The SMILES string of the molecule is O=C(CCC1CCCC1)NC1(C(=O)O)CCCCC1. The number of hydrogen-bond acceptors (Lipinski definition) is 2. The van der Waals surface area contributed by atoms with Crippen molar-refractivity contribution in [3.05, 3.63) is 0 Å². The van der Waals surface area contributed by atoms with Gasteiger partial charge in [0.05, 0.1) is 0 Å². The standard InChI is InChI=1S/C15H25NO3/c17-13(9-8-12-6-2-3-7-12)16-15(14(18)19)10-4-1-5-11-15/h12H,1-11H2,(H,16,17)(H,18,19). The molecule has 0 aromatic rings. The maximum atomic E-state index is 12.0. The van der Waals surface area contributed by atoms with Gasteiger partial charge in [0.25, 0.3) is 0 Å². The number of carboxylic acids is 1. The molecule has 0 bridgehead atoms. The molecule has 0 aliphatic heterocycles. The van der Waals surface area contributed by atoms with Gasteiger partial charge in [0.2, 0.25) is 5.91 Å². The summed E-state index contributed by atoms with van der Waals surface area (Å²) in [5, 5.41) is 12.2. The Hall–Kier alpha value is -1.06. The Morgan fingerprint density at radius 3 is 2.26 bits per heavy atom. The lowest BCUT2D eigenvalue weighted by molar-refractivity contribution is -0.149. The van der Waals surface area contributed by atoms with Crippen LogP contribution in [0.25, 0.3) is 0 Å². The lowest BCUT2D eigenvalue weighted by Gasteiger charge is -2.34. The van der Waals surface area contributed by atoms with Gasteiger partial charge in [-0.2, -0.15) is 0 Å². The van der Waals surface area contributed by atoms with Crippen LogP contribution < -0.4 is 5.32 Å². The fourth-order valence-electron chi connectivity index (χ4n) is 3.51. The van der Waals surface area contributed by atoms with Gasteiger partial charge in [-0.25, -0.2) is 4.79 Å². The third-order valence-electron chi connectivity index (χ3n) is 4.75. The van der Waals surface area contributed by atoms with E-state index in [4.69, 9.17) is 0 Å². The molecule has 0 atom stereocenters. The van der Waals surface area contributed by atoms with Crippen molar-refractivity contribution in [1.29, 1.82) is 0 Å². The average molecular weight is 267 g/mol. The Kier molecular flexibility index (Phi) is 4.83. The first-order valence-electron chi connectivity index (χ1n) is 7.67. The van der Waals surface area contributed by atoms with Gasteiger partial charge in [0.1, 0.15) is 5.54 Å². The van der Waals surface area contributed by atoms with Crippen molar-refractivity contribution in [2.24, 2.45) is 5.92 Å². The second kappa shape index (κ2) is 6.40. The first kappa shape index (κ1) is 14.4. The van der Waals surface area contributed by atoms with Crippen molar-refractivity contribution < 1.29 is 14.7 Å². The third kappa shape index (κ3) is 3.71. The van der Waals surface area contributed by atoms with Crippen molar-refractivity contribution in [2.75, 3.05) is 0 Å². The zero-order valence-corrected chi connectivity index (χ0v) is 11.6. The molecule has 108 valence electrons. The first-order chi connectivity index (χ1) is 9.12. The Morgan fingerprint density at radius 2 is 1.68 bits per heavy atom. The molecule has 4 heteroatoms. The van der Waals surface area contributed by atoms with E-state index >= 15 is 0 Å². The fourth-order valence-corrected chi connectivity index (χ4v) is 3.51. The topological polar surface area (TPSA) is 66.4 Å². The van der Waals surface area contributed by atoms with Crippen LogP contribution in [0.4, 0.5) is 0 Å². The highest BCUT2D eigenvalue weighted by Gasteiger charge is 2.40. The average Bonchev–Trinajstić information content (AvgIpc) is 2.90. The third-order valence-corrected chi connectivity index (χ3v) is 4.75. The lowest BCUT2D eigenvalue weighted by Crippen LogP contribution is -2.55. The predicted molar refractivity (Wildman–Crippen MR) is 72.8 cm³/mol. The van der Waals surface area contributed by atoms with Crippen LogP contribution in [-0.4, -0.2) is 22.5 Å². The molecule has 2 saturated carbocycles. The summed E-state index contributed by atoms with van der Waals surface area (Å²) in [5.74, 6) is -0.254. The molecule has 1 amide bonds. The van der Waals surface area contributed by atoms with Crippen LogP contribution in [0.1, 0.15) is 70.6 Å². The van der Waals surface area contributed by atoms with Gasteiger partial charge < -0.3 is 10.4 Å². The lowest BCUT2D eigenvalue weighted by atomic mass is 9.81. The van der Waals surface area contributed by atoms with Crippen molar-refractivity contribution in [3.8, 4) is 0 Å². The highest BCUT2D eigenvalue weighted by Crippen LogP contribution is 2.30. The number of hydrogen-bond donors (Lipinski definition) is 2. The molecule has 0 unspecified atom stereocenters. The summed E-state index contributed by atoms with van der Waals surface area (Å²) >= 11 is 0. The van der Waals surface area contributed by atoms with E-state index in [-0.39, 0.29) is 5.91 Å². The summed E-state index contributed by atoms with van der Waals surface area (Å²) in [6.07, 6.45) is 10.5. The molecule has 2 aliphatic rings. The maximum absolute atomic E-state index is 12.0. The van der Waals surface area contributed by atoms with Crippen molar-refractivity contribution in [1.82, 2.24) is 5.32 Å². The van der Waals surface area contributed by atoms with Crippen LogP contribution in [0.5, 0.6) is 0 Å². The van der Waals surface area contributed by atoms with Crippen LogP contribution in [0.3, 0.4) is 0 Å². The Balaban J connectivity index is 1.82. The van der Waals surface area contributed by atoms with Gasteiger partial charge in [-0.05, 0) is 25.2 Å². The minimum absolute atomic E-state index is 0.0730. The van der Waals surface area contributed by atoms with Gasteiger partial charge >= 0.3 is 5.97 Å². The van der Waals surface area contributed by atoms with Gasteiger partial charge in [0.15, 0.2) is 0 Å². The highest BCUT2D eigenvalue weighted by molar-refractivity contribution is 5.87. The number of carboxylic acid groups (broad SMARTS) is 1. The van der Waals surface area contributed by atoms with Crippen molar-refractivity contribution >= 4 is 11.9 Å². The van der Waals surface area contributed by atoms with E-state index in [0.717, 1.165) is 25.7 Å². The summed E-state index contributed by atoms with van der Waals surface area (Å²) in [6, 6.07) is 0. The molecule has 0 spiro atoms. The molecule has 0 heterocycles. The van der Waals surface area contributed by atoms with Crippen molar-refractivity contribution in [3.63, 3.8) is 0 Å². The molecule has 2 rings (SSSR count). The number of carbonyl (C=O) groups is 2. The van der Waals surface area contributed by atoms with Crippen LogP contribution in [0, 0.1) is 5.92 Å². The molecule has 19 heavy (non-hydrogen) atoms. The smallest absolute Gasteiger partial charge is 0.329 e. The highest BCUT2D eigenvalue weighted by atomic mass is 16.4. The van der Waals surface area contributed by atoms with E-state index in [1.54, 1.807) is 0 Å². The first-order valence-corrected chi connectivity index (χ1v) is 7.67. The van der Waals surface area contributed by atoms with Gasteiger partial charge in [0, 0.05) is 6.42 Å². The summed E-state index contributed by atoms with van der Waals surface area (Å²) in [6.45, 7) is 0. The summed E-state index contributed by atoms with van der Waals surface area (Å²) in [5.41, 5.74) is -0.981. The quantitative estimate of drug-likeness (QED) is 0.805. The molecule has 0 aromatic carbocycles. The zero-order chi connectivity index (χ0) is 13.7. The Labute approximate surface area is 115 Å². The molecule has 4 nitrogen and oxygen atoms in total. The fraction of sp³-hybridized carbons (Fsp3) is 0.867. The number of nitrogens with one attached hydrogen (secondary N) is 1. The molecular formula is C15H25NO3. The van der Waals surface area contributed by atoms with Crippen LogP contribution >= 0.6 is 0 Å². The van der Waals surface area contributed by atoms with E-state index in [1.165, 1.54) is 25.7 Å². The Bertz CT molecular complexity index is 328. The number of rotatable bonds is 5. The largest absolute Gasteiger partial charge is 0.480 e. The molecule has 2 N–H and O–H groups in total. The normalized spacial score (nSPS) is 23.2. The van der Waals surface area contributed by atoms with E-state index in [2.05, 4.69) is 5.32 Å². The second-order valence-corrected chi connectivity index (χ2v) is 6.19. The summed E-state index contributed by atoms with van der Waals surface area (Å²) in [4.78, 5) is 23.5. The van der Waals surface area contributed by atoms with Crippen molar-refractivity contribution in [2.45, 2.75) is 76.2 Å². The van der Waals surface area contributed by atoms with E-state index in [9.17, 15) is 14.7 Å². The molecular weight excluding hydrogens is 242 g/mol. The molecule has 0 saturated heterocycles. The van der Waals surface area contributed by atoms with Gasteiger partial charge in [-0.1, -0.05) is 44.9 Å². The summed E-state index contributed by atoms with van der Waals surface area (Å²) in [7, 11) is 0. The van der Waals surface area contributed by atoms with E-state index in [1.807, 2.05) is 0 Å². The van der Waals surface area contributed by atoms with E-state index < -0.39 is 11.5 Å². The minimum atomic E-state index is -0.981. The minimum Gasteiger partial charge on any atom is -0.480 e. The van der Waals surface area contributed by atoms with E-state index in [0.29, 0.717) is 25.2 Å². The molecule has 0 radical (unpaired) electrons. The number of aliphatic carboxylic acids is 1. The Morgan fingerprint density at radius 1 is 1.05 bits per heavy atom. The predicted octanol–water partition coefficient (Wildman–Crippen LogP) is 2.86. The van der Waals surface area contributed by atoms with Gasteiger partial charge in [-0.3, -0.25) is 4.79 Å². The summed E-state index contributed by atoms with van der Waals surface area (Å²) < 4.78 is 0. The molecule has 0 aromatic heterocycles. The van der Waals surface area contributed by atoms with Crippen LogP contribution in [0.15, 0.2) is 0 Å². The number of carbonyl (C=O) groups excluding carboxylic acids is 1. The molecule has 2 aliphatic carbocycles. The van der Waals surface area contributed by atoms with Crippen LogP contribution in [0.2, 0.25) is 0 Å². The van der Waals surface area contributed by atoms with Gasteiger partial charge in [-0.15, -0.1) is 0 Å². The monoisotopic (exact) mass is 267 g/mol. The number of amides is 1.